The lowest BCUT2D eigenvalue weighted by atomic mass is 10.2. The fourth-order valence-electron chi connectivity index (χ4n) is 3.34. The summed E-state index contributed by atoms with van der Waals surface area (Å²) in [4.78, 5) is 27.3. The van der Waals surface area contributed by atoms with E-state index in [1.165, 1.54) is 28.8 Å². The number of ether oxygens (including phenoxy) is 1. The summed E-state index contributed by atoms with van der Waals surface area (Å²) in [5, 5.41) is 2.82. The fraction of sp³-hybridized carbons (Fsp3) is 0.368. The van der Waals surface area contributed by atoms with Gasteiger partial charge in [-0.1, -0.05) is 0 Å². The van der Waals surface area contributed by atoms with E-state index in [9.17, 15) is 18.0 Å². The second kappa shape index (κ2) is 8.26. The van der Waals surface area contributed by atoms with Crippen molar-refractivity contribution in [3.05, 3.63) is 42.2 Å². The lowest BCUT2D eigenvalue weighted by molar-refractivity contribution is -0.119. The normalized spacial score (nSPS) is 16.7. The molecule has 9 nitrogen and oxygen atoms in total. The Balaban J connectivity index is 1.77. The molecule has 1 aliphatic rings. The quantitative estimate of drug-likeness (QED) is 0.729. The van der Waals surface area contributed by atoms with E-state index in [0.717, 1.165) is 0 Å². The van der Waals surface area contributed by atoms with Crippen LogP contribution in [0, 0.1) is 0 Å². The van der Waals surface area contributed by atoms with Crippen molar-refractivity contribution in [2.45, 2.75) is 23.8 Å². The zero-order chi connectivity index (χ0) is 21.2. The summed E-state index contributed by atoms with van der Waals surface area (Å²) in [6, 6.07) is 7.63. The first kappa shape index (κ1) is 20.9. The monoisotopic (exact) mass is 420 g/mol. The number of nitrogens with zero attached hydrogens (tertiary/aromatic N) is 2. The summed E-state index contributed by atoms with van der Waals surface area (Å²) in [5.41, 5.74) is 0.819. The maximum Gasteiger partial charge on any atom is 0.271 e. The molecule has 1 aromatic carbocycles. The molecular weight excluding hydrogens is 396 g/mol. The molecule has 2 heterocycles. The highest BCUT2D eigenvalue weighted by molar-refractivity contribution is 7.89. The van der Waals surface area contributed by atoms with Crippen molar-refractivity contribution in [3.63, 3.8) is 0 Å². The van der Waals surface area contributed by atoms with Gasteiger partial charge in [-0.25, -0.2) is 13.1 Å². The number of amides is 2. The van der Waals surface area contributed by atoms with Gasteiger partial charge in [0.05, 0.1) is 7.11 Å². The van der Waals surface area contributed by atoms with Crippen LogP contribution >= 0.6 is 0 Å². The van der Waals surface area contributed by atoms with Gasteiger partial charge in [0.15, 0.2) is 0 Å². The number of hydrogen-bond donors (Lipinski definition) is 2. The van der Waals surface area contributed by atoms with Crippen molar-refractivity contribution in [1.82, 2.24) is 14.2 Å². The number of aryl methyl sites for hydroxylation is 1. The van der Waals surface area contributed by atoms with E-state index in [2.05, 4.69) is 10.0 Å². The smallest absolute Gasteiger partial charge is 0.271 e. The summed E-state index contributed by atoms with van der Waals surface area (Å²) in [6.45, 7) is 0.429. The van der Waals surface area contributed by atoms with Crippen LogP contribution < -0.4 is 14.8 Å². The van der Waals surface area contributed by atoms with E-state index in [0.29, 0.717) is 30.8 Å². The summed E-state index contributed by atoms with van der Waals surface area (Å²) in [7, 11) is 0.809. The molecule has 0 saturated carbocycles. The molecule has 1 saturated heterocycles. The van der Waals surface area contributed by atoms with E-state index in [1.54, 1.807) is 38.4 Å². The molecular formula is C19H24N4O5S. The minimum absolute atomic E-state index is 0.00396. The van der Waals surface area contributed by atoms with Crippen LogP contribution in [0.3, 0.4) is 0 Å². The van der Waals surface area contributed by atoms with Crippen molar-refractivity contribution < 1.29 is 22.7 Å². The Morgan fingerprint density at radius 2 is 1.90 bits per heavy atom. The second-order valence-electron chi connectivity index (χ2n) is 6.75. The molecule has 3 rings (SSSR count). The minimum atomic E-state index is -3.66. The van der Waals surface area contributed by atoms with Crippen molar-refractivity contribution in [2.75, 3.05) is 26.0 Å². The van der Waals surface area contributed by atoms with Gasteiger partial charge in [-0.3, -0.25) is 9.59 Å². The molecule has 2 amide bonds. The fourth-order valence-corrected chi connectivity index (χ4v) is 4.14. The molecule has 10 heteroatoms. The summed E-state index contributed by atoms with van der Waals surface area (Å²) < 4.78 is 32.8. The predicted molar refractivity (Wildman–Crippen MR) is 107 cm³/mol. The SMILES string of the molecule is CNS(=O)(=O)c1cc(C(=O)N2CCCC2C(=O)Nc2ccc(OC)cc2)n(C)c1. The van der Waals surface area contributed by atoms with Crippen LogP contribution in [0.2, 0.25) is 0 Å². The average Bonchev–Trinajstić information content (AvgIpc) is 3.35. The highest BCUT2D eigenvalue weighted by atomic mass is 32.2. The third-order valence-electron chi connectivity index (χ3n) is 4.95. The molecule has 2 N–H and O–H groups in total. The number of aromatic nitrogens is 1. The van der Waals surface area contributed by atoms with Crippen LogP contribution in [0.5, 0.6) is 5.75 Å². The van der Waals surface area contributed by atoms with Crippen molar-refractivity contribution >= 4 is 27.5 Å². The number of likely N-dealkylation sites (tertiary alicyclic amines) is 1. The largest absolute Gasteiger partial charge is 0.497 e. The van der Waals surface area contributed by atoms with E-state index >= 15 is 0 Å². The van der Waals surface area contributed by atoms with Gasteiger partial charge in [-0.05, 0) is 50.2 Å². The van der Waals surface area contributed by atoms with Crippen molar-refractivity contribution in [3.8, 4) is 5.75 Å². The molecule has 1 fully saturated rings. The number of rotatable bonds is 6. The summed E-state index contributed by atoms with van der Waals surface area (Å²) in [6.07, 6.45) is 2.61. The van der Waals surface area contributed by atoms with E-state index < -0.39 is 16.1 Å². The lowest BCUT2D eigenvalue weighted by Gasteiger charge is -2.24. The molecule has 1 atom stereocenters. The average molecular weight is 420 g/mol. The molecule has 0 radical (unpaired) electrons. The van der Waals surface area contributed by atoms with Crippen LogP contribution in [0.4, 0.5) is 5.69 Å². The van der Waals surface area contributed by atoms with Gasteiger partial charge >= 0.3 is 0 Å². The van der Waals surface area contributed by atoms with Crippen LogP contribution in [0.25, 0.3) is 0 Å². The topological polar surface area (TPSA) is 110 Å². The zero-order valence-electron chi connectivity index (χ0n) is 16.5. The first-order valence-corrected chi connectivity index (χ1v) is 10.6. The number of anilines is 1. The van der Waals surface area contributed by atoms with Gasteiger partial charge in [0.25, 0.3) is 5.91 Å². The van der Waals surface area contributed by atoms with Crippen LogP contribution in [-0.4, -0.2) is 56.4 Å². The van der Waals surface area contributed by atoms with E-state index in [-0.39, 0.29) is 22.4 Å². The molecule has 0 aliphatic carbocycles. The van der Waals surface area contributed by atoms with Gasteiger partial charge in [-0.2, -0.15) is 0 Å². The molecule has 0 spiro atoms. The summed E-state index contributed by atoms with van der Waals surface area (Å²) >= 11 is 0. The van der Waals surface area contributed by atoms with Gasteiger partial charge in [0.1, 0.15) is 22.4 Å². The Morgan fingerprint density at radius 3 is 2.52 bits per heavy atom. The van der Waals surface area contributed by atoms with Gasteiger partial charge in [0, 0.05) is 25.5 Å². The molecule has 2 aromatic rings. The third-order valence-corrected chi connectivity index (χ3v) is 6.33. The highest BCUT2D eigenvalue weighted by Gasteiger charge is 2.36. The molecule has 1 aromatic heterocycles. The Morgan fingerprint density at radius 1 is 1.21 bits per heavy atom. The Kier molecular flexibility index (Phi) is 5.94. The maximum absolute atomic E-state index is 13.0. The minimum Gasteiger partial charge on any atom is -0.497 e. The predicted octanol–water partition coefficient (Wildman–Crippen LogP) is 1.19. The van der Waals surface area contributed by atoms with Crippen LogP contribution in [-0.2, 0) is 21.9 Å². The second-order valence-corrected chi connectivity index (χ2v) is 8.64. The van der Waals surface area contributed by atoms with E-state index in [4.69, 9.17) is 4.74 Å². The number of methoxy groups -OCH3 is 1. The first-order valence-electron chi connectivity index (χ1n) is 9.12. The molecule has 29 heavy (non-hydrogen) atoms. The van der Waals surface area contributed by atoms with Gasteiger partial charge < -0.3 is 19.5 Å². The Bertz CT molecular complexity index is 1010. The number of benzene rings is 1. The van der Waals surface area contributed by atoms with Crippen LogP contribution in [0.15, 0.2) is 41.4 Å². The van der Waals surface area contributed by atoms with Gasteiger partial charge in [0.2, 0.25) is 15.9 Å². The molecule has 156 valence electrons. The third kappa shape index (κ3) is 4.28. The van der Waals surface area contributed by atoms with Crippen LogP contribution in [0.1, 0.15) is 23.3 Å². The number of nitrogens with one attached hydrogen (secondary N) is 2. The lowest BCUT2D eigenvalue weighted by Crippen LogP contribution is -2.43. The van der Waals surface area contributed by atoms with Gasteiger partial charge in [-0.15, -0.1) is 0 Å². The Labute approximate surface area is 169 Å². The van der Waals surface area contributed by atoms with Crippen molar-refractivity contribution in [1.29, 1.82) is 0 Å². The molecule has 0 bridgehead atoms. The molecule has 1 aliphatic heterocycles. The van der Waals surface area contributed by atoms with Crippen molar-refractivity contribution in [2.24, 2.45) is 7.05 Å². The standard InChI is InChI=1S/C19H24N4O5S/c1-20-29(26,27)15-11-17(22(2)12-15)19(25)23-10-4-5-16(23)18(24)21-13-6-8-14(28-3)9-7-13/h6-9,11-12,16,20H,4-5,10H2,1-3H3,(H,21,24). The first-order chi connectivity index (χ1) is 13.8. The summed E-state index contributed by atoms with van der Waals surface area (Å²) in [5.74, 6) is 0.0208. The molecule has 1 unspecified atom stereocenters. The Hall–Kier alpha value is -2.85. The maximum atomic E-state index is 13.0. The number of carbonyl (C=O) groups is 2. The highest BCUT2D eigenvalue weighted by Crippen LogP contribution is 2.24. The van der Waals surface area contributed by atoms with E-state index in [1.807, 2.05) is 0 Å². The number of carbonyl (C=O) groups excluding carboxylic acids is 2. The number of hydrogen-bond acceptors (Lipinski definition) is 5. The zero-order valence-corrected chi connectivity index (χ0v) is 17.3. The number of sulfonamides is 1.